The maximum atomic E-state index is 13.8. The van der Waals surface area contributed by atoms with Crippen LogP contribution in [0.3, 0.4) is 0 Å². The van der Waals surface area contributed by atoms with Crippen molar-refractivity contribution in [2.24, 2.45) is 11.8 Å². The van der Waals surface area contributed by atoms with E-state index in [0.29, 0.717) is 43.6 Å². The third kappa shape index (κ3) is 6.95. The van der Waals surface area contributed by atoms with Gasteiger partial charge in [-0.3, -0.25) is 9.48 Å². The van der Waals surface area contributed by atoms with E-state index in [1.807, 2.05) is 6.20 Å². The van der Waals surface area contributed by atoms with Crippen molar-refractivity contribution in [3.63, 3.8) is 0 Å². The Morgan fingerprint density at radius 2 is 1.68 bits per heavy atom. The molecule has 0 radical (unpaired) electrons. The molecule has 3 aromatic rings. The molecule has 2 aromatic carbocycles. The molecule has 1 heterocycles. The Hall–Kier alpha value is -3.81. The number of amides is 1. The van der Waals surface area contributed by atoms with Crippen LogP contribution in [0.2, 0.25) is 0 Å². The molecule has 8 heteroatoms. The predicted octanol–water partition coefficient (Wildman–Crippen LogP) is 7.68. The van der Waals surface area contributed by atoms with E-state index in [-0.39, 0.29) is 24.0 Å². The van der Waals surface area contributed by atoms with Gasteiger partial charge in [-0.1, -0.05) is 30.3 Å². The molecule has 3 fully saturated rings. The van der Waals surface area contributed by atoms with Crippen molar-refractivity contribution in [3.05, 3.63) is 71.5 Å². The van der Waals surface area contributed by atoms with Crippen LogP contribution in [0.1, 0.15) is 98.9 Å². The number of benzene rings is 2. The van der Waals surface area contributed by atoms with E-state index < -0.39 is 6.16 Å². The van der Waals surface area contributed by atoms with E-state index in [9.17, 15) is 9.59 Å². The number of hydrogen-bond donors (Lipinski definition) is 1. The molecule has 0 aliphatic heterocycles. The number of aromatic nitrogens is 2. The molecule has 0 saturated heterocycles. The van der Waals surface area contributed by atoms with E-state index in [1.54, 1.807) is 7.11 Å². The van der Waals surface area contributed by atoms with Gasteiger partial charge in [0.25, 0.3) is 0 Å². The molecule has 1 aromatic heterocycles. The molecule has 44 heavy (non-hydrogen) atoms. The average molecular weight is 600 g/mol. The summed E-state index contributed by atoms with van der Waals surface area (Å²) in [6.07, 6.45) is 12.7. The van der Waals surface area contributed by atoms with Gasteiger partial charge in [-0.25, -0.2) is 4.79 Å². The van der Waals surface area contributed by atoms with Gasteiger partial charge < -0.3 is 19.5 Å². The summed E-state index contributed by atoms with van der Waals surface area (Å²) >= 11 is 0. The first kappa shape index (κ1) is 30.2. The lowest BCUT2D eigenvalue weighted by Crippen LogP contribution is -2.40. The Kier molecular flexibility index (Phi) is 9.24. The highest BCUT2D eigenvalue weighted by Gasteiger charge is 2.34. The van der Waals surface area contributed by atoms with Crippen LogP contribution in [0.25, 0.3) is 11.1 Å². The first-order valence-electron chi connectivity index (χ1n) is 16.3. The fraction of sp³-hybridized carbons (Fsp3) is 0.528. The Morgan fingerprint density at radius 3 is 2.36 bits per heavy atom. The van der Waals surface area contributed by atoms with Crippen LogP contribution < -0.4 is 10.1 Å². The van der Waals surface area contributed by atoms with E-state index >= 15 is 0 Å². The summed E-state index contributed by atoms with van der Waals surface area (Å²) in [4.78, 5) is 25.3. The zero-order valence-electron chi connectivity index (χ0n) is 26.2. The highest BCUT2D eigenvalue weighted by molar-refractivity contribution is 5.79. The summed E-state index contributed by atoms with van der Waals surface area (Å²) in [6, 6.07) is 15.7. The van der Waals surface area contributed by atoms with Gasteiger partial charge >= 0.3 is 6.16 Å². The van der Waals surface area contributed by atoms with Crippen molar-refractivity contribution in [2.45, 2.75) is 95.2 Å². The average Bonchev–Trinajstić information content (AvgIpc) is 3.79. The zero-order valence-corrected chi connectivity index (χ0v) is 26.2. The minimum atomic E-state index is -0.652. The van der Waals surface area contributed by atoms with Crippen LogP contribution in [0.5, 0.6) is 5.75 Å². The second-order valence-electron chi connectivity index (χ2n) is 12.9. The molecule has 1 amide bonds. The second-order valence-corrected chi connectivity index (χ2v) is 12.9. The third-order valence-corrected chi connectivity index (χ3v) is 10.0. The van der Waals surface area contributed by atoms with Gasteiger partial charge in [0, 0.05) is 17.7 Å². The highest BCUT2D eigenvalue weighted by atomic mass is 16.7. The van der Waals surface area contributed by atoms with Crippen LogP contribution in [0, 0.1) is 18.8 Å². The summed E-state index contributed by atoms with van der Waals surface area (Å²) in [5, 5.41) is 8.13. The number of carbonyl (C=O) groups is 2. The lowest BCUT2D eigenvalue weighted by molar-refractivity contribution is -0.128. The Balaban J connectivity index is 1.18. The van der Waals surface area contributed by atoms with Crippen molar-refractivity contribution in [3.8, 4) is 16.9 Å². The van der Waals surface area contributed by atoms with Crippen LogP contribution in [-0.2, 0) is 14.3 Å². The fourth-order valence-electron chi connectivity index (χ4n) is 7.25. The topological polar surface area (TPSA) is 91.7 Å². The van der Waals surface area contributed by atoms with Crippen LogP contribution >= 0.6 is 0 Å². The van der Waals surface area contributed by atoms with Gasteiger partial charge in [-0.05, 0) is 117 Å². The molecule has 8 nitrogen and oxygen atoms in total. The van der Waals surface area contributed by atoms with Gasteiger partial charge in [-0.15, -0.1) is 0 Å². The highest BCUT2D eigenvalue weighted by Crippen LogP contribution is 2.43. The molecule has 0 bridgehead atoms. The normalized spacial score (nSPS) is 24.2. The SMILES string of the molecule is COC(=O)OC1CCC(C(=O)NC(c2cccc(-c3cnn(C4CC4)c3)c2)C2CCC(c3ccc(OC)c(C)c3)CC2)CC1. The number of methoxy groups -OCH3 is 2. The molecule has 0 spiro atoms. The maximum Gasteiger partial charge on any atom is 0.508 e. The van der Waals surface area contributed by atoms with Gasteiger partial charge in [0.1, 0.15) is 11.9 Å². The van der Waals surface area contributed by atoms with Gasteiger partial charge in [-0.2, -0.15) is 5.10 Å². The lowest BCUT2D eigenvalue weighted by atomic mass is 9.74. The summed E-state index contributed by atoms with van der Waals surface area (Å²) in [5.41, 5.74) is 5.96. The lowest BCUT2D eigenvalue weighted by Gasteiger charge is -2.36. The molecule has 3 saturated carbocycles. The smallest absolute Gasteiger partial charge is 0.496 e. The second kappa shape index (κ2) is 13.4. The molecular weight excluding hydrogens is 554 g/mol. The van der Waals surface area contributed by atoms with Crippen molar-refractivity contribution < 1.29 is 23.8 Å². The maximum absolute atomic E-state index is 13.8. The number of carbonyl (C=O) groups excluding carboxylic acids is 2. The largest absolute Gasteiger partial charge is 0.508 e. The van der Waals surface area contributed by atoms with E-state index in [0.717, 1.165) is 48.1 Å². The van der Waals surface area contributed by atoms with Crippen molar-refractivity contribution in [1.29, 1.82) is 0 Å². The van der Waals surface area contributed by atoms with Crippen LogP contribution in [0.15, 0.2) is 54.9 Å². The summed E-state index contributed by atoms with van der Waals surface area (Å²) in [5.74, 6) is 1.80. The summed E-state index contributed by atoms with van der Waals surface area (Å²) < 4.78 is 17.6. The molecule has 1 unspecified atom stereocenters. The fourth-order valence-corrected chi connectivity index (χ4v) is 7.25. The molecule has 1 atom stereocenters. The molecule has 234 valence electrons. The van der Waals surface area contributed by atoms with Gasteiger partial charge in [0.2, 0.25) is 5.91 Å². The Morgan fingerprint density at radius 1 is 0.909 bits per heavy atom. The predicted molar refractivity (Wildman–Crippen MR) is 168 cm³/mol. The third-order valence-electron chi connectivity index (χ3n) is 10.0. The summed E-state index contributed by atoms with van der Waals surface area (Å²) in [6.45, 7) is 2.11. The molecule has 3 aliphatic carbocycles. The number of hydrogen-bond acceptors (Lipinski definition) is 6. The van der Waals surface area contributed by atoms with Gasteiger partial charge in [0.15, 0.2) is 0 Å². The number of nitrogens with zero attached hydrogens (tertiary/aromatic N) is 2. The number of rotatable bonds is 9. The van der Waals surface area contributed by atoms with E-state index in [2.05, 4.69) is 75.4 Å². The van der Waals surface area contributed by atoms with Gasteiger partial charge in [0.05, 0.1) is 32.5 Å². The van der Waals surface area contributed by atoms with Crippen molar-refractivity contribution in [2.75, 3.05) is 14.2 Å². The molecule has 3 aliphatic rings. The van der Waals surface area contributed by atoms with E-state index in [4.69, 9.17) is 9.47 Å². The molecule has 6 rings (SSSR count). The Bertz CT molecular complexity index is 1450. The standard InChI is InChI=1S/C36H45N3O5/c1-23-19-28(13-18-33(23)42-2)24-7-9-25(10-8-24)34(38-35(40)26-11-16-32(17-12-26)44-36(41)43-3)29-6-4-5-27(20-29)30-21-37-39(22-30)31-14-15-31/h4-6,13,18-22,24-26,31-32,34H,7-12,14-17H2,1-3H3,(H,38,40). The minimum Gasteiger partial charge on any atom is -0.496 e. The minimum absolute atomic E-state index is 0.0662. The zero-order chi connectivity index (χ0) is 30.6. The molecular formula is C36H45N3O5. The van der Waals surface area contributed by atoms with Crippen LogP contribution in [0.4, 0.5) is 4.79 Å². The van der Waals surface area contributed by atoms with Crippen molar-refractivity contribution >= 4 is 12.1 Å². The quantitative estimate of drug-likeness (QED) is 0.254. The number of ether oxygens (including phenoxy) is 3. The van der Waals surface area contributed by atoms with Crippen molar-refractivity contribution in [1.82, 2.24) is 15.1 Å². The first-order valence-corrected chi connectivity index (χ1v) is 16.3. The molecule has 1 N–H and O–H groups in total. The van der Waals surface area contributed by atoms with Crippen LogP contribution in [-0.4, -0.2) is 42.2 Å². The first-order chi connectivity index (χ1) is 21.4. The number of aryl methyl sites for hydroxylation is 1. The number of nitrogens with one attached hydrogen (secondary N) is 1. The van der Waals surface area contributed by atoms with E-state index in [1.165, 1.54) is 31.1 Å². The monoisotopic (exact) mass is 599 g/mol. The Labute approximate surface area is 260 Å². The summed E-state index contributed by atoms with van der Waals surface area (Å²) in [7, 11) is 3.04.